The highest BCUT2D eigenvalue weighted by atomic mass is 35.5. The van der Waals surface area contributed by atoms with Gasteiger partial charge in [-0.05, 0) is 31.2 Å². The number of imidazole rings is 1. The summed E-state index contributed by atoms with van der Waals surface area (Å²) in [5, 5.41) is 4.02. The zero-order valence-electron chi connectivity index (χ0n) is 12.5. The summed E-state index contributed by atoms with van der Waals surface area (Å²) in [7, 11) is 1.60. The van der Waals surface area contributed by atoms with Crippen LogP contribution in [-0.2, 0) is 9.53 Å². The Labute approximate surface area is 139 Å². The molecule has 1 heterocycles. The topological polar surface area (TPSA) is 56.1 Å². The first kappa shape index (κ1) is 16.9. The second kappa shape index (κ2) is 8.22. The molecule has 0 saturated heterocycles. The molecule has 1 aromatic heterocycles. The van der Waals surface area contributed by atoms with E-state index in [9.17, 15) is 4.79 Å². The molecule has 0 aliphatic carbocycles. The second-order valence-corrected chi connectivity index (χ2v) is 6.34. The van der Waals surface area contributed by atoms with Gasteiger partial charge in [0.2, 0.25) is 5.91 Å². The SMILES string of the molecule is COCCNC(=O)[C@H](C)Sc1nccn1-c1ccc(Cl)cc1. The van der Waals surface area contributed by atoms with Crippen molar-refractivity contribution in [2.24, 2.45) is 0 Å². The first-order valence-electron chi connectivity index (χ1n) is 6.84. The molecule has 0 fully saturated rings. The molecule has 1 amide bonds. The first-order chi connectivity index (χ1) is 10.6. The third kappa shape index (κ3) is 4.50. The van der Waals surface area contributed by atoms with Gasteiger partial charge in [0.25, 0.3) is 0 Å². The van der Waals surface area contributed by atoms with Gasteiger partial charge in [0.05, 0.1) is 11.9 Å². The zero-order valence-corrected chi connectivity index (χ0v) is 14.0. The Bertz CT molecular complexity index is 616. The number of carbonyl (C=O) groups excluding carboxylic acids is 1. The second-order valence-electron chi connectivity index (χ2n) is 4.60. The van der Waals surface area contributed by atoms with Crippen LogP contribution in [-0.4, -0.2) is 41.0 Å². The number of hydrogen-bond acceptors (Lipinski definition) is 4. The highest BCUT2D eigenvalue weighted by Crippen LogP contribution is 2.25. The molecular formula is C15H18ClN3O2S. The smallest absolute Gasteiger partial charge is 0.233 e. The van der Waals surface area contributed by atoms with Crippen LogP contribution in [0.4, 0.5) is 0 Å². The molecule has 0 aliphatic rings. The van der Waals surface area contributed by atoms with Crippen LogP contribution >= 0.6 is 23.4 Å². The van der Waals surface area contributed by atoms with Gasteiger partial charge in [-0.1, -0.05) is 23.4 Å². The summed E-state index contributed by atoms with van der Waals surface area (Å²) in [6.45, 7) is 2.86. The lowest BCUT2D eigenvalue weighted by Crippen LogP contribution is -2.33. The predicted molar refractivity (Wildman–Crippen MR) is 88.8 cm³/mol. The number of methoxy groups -OCH3 is 1. The first-order valence-corrected chi connectivity index (χ1v) is 8.10. The number of thioether (sulfide) groups is 1. The maximum atomic E-state index is 12.0. The summed E-state index contributed by atoms with van der Waals surface area (Å²) in [6, 6.07) is 7.48. The van der Waals surface area contributed by atoms with Crippen LogP contribution in [0, 0.1) is 0 Å². The van der Waals surface area contributed by atoms with Crippen LogP contribution in [0.5, 0.6) is 0 Å². The Hall–Kier alpha value is -1.50. The Morgan fingerprint density at radius 3 is 2.86 bits per heavy atom. The van der Waals surface area contributed by atoms with E-state index in [1.165, 1.54) is 11.8 Å². The largest absolute Gasteiger partial charge is 0.383 e. The average Bonchev–Trinajstić information content (AvgIpc) is 2.96. The van der Waals surface area contributed by atoms with E-state index in [0.717, 1.165) is 10.8 Å². The molecule has 2 rings (SSSR count). The molecule has 0 spiro atoms. The van der Waals surface area contributed by atoms with Gasteiger partial charge in [-0.2, -0.15) is 0 Å². The number of benzene rings is 1. The minimum Gasteiger partial charge on any atom is -0.383 e. The van der Waals surface area contributed by atoms with Gasteiger partial charge in [-0.3, -0.25) is 9.36 Å². The minimum absolute atomic E-state index is 0.0345. The molecule has 1 atom stereocenters. The Kier molecular flexibility index (Phi) is 6.30. The van der Waals surface area contributed by atoms with Crippen molar-refractivity contribution in [3.05, 3.63) is 41.7 Å². The van der Waals surface area contributed by atoms with Crippen molar-refractivity contribution in [2.45, 2.75) is 17.3 Å². The minimum atomic E-state index is -0.245. The summed E-state index contributed by atoms with van der Waals surface area (Å²) in [4.78, 5) is 16.3. The third-order valence-electron chi connectivity index (χ3n) is 2.97. The summed E-state index contributed by atoms with van der Waals surface area (Å²) in [6.07, 6.45) is 3.58. The summed E-state index contributed by atoms with van der Waals surface area (Å²) in [5.41, 5.74) is 0.955. The number of carbonyl (C=O) groups is 1. The molecule has 118 valence electrons. The number of halogens is 1. The van der Waals surface area contributed by atoms with Crippen molar-refractivity contribution in [3.63, 3.8) is 0 Å². The van der Waals surface area contributed by atoms with Crippen LogP contribution in [0.15, 0.2) is 41.8 Å². The monoisotopic (exact) mass is 339 g/mol. The van der Waals surface area contributed by atoms with Gasteiger partial charge in [0, 0.05) is 36.8 Å². The number of aromatic nitrogens is 2. The fourth-order valence-corrected chi connectivity index (χ4v) is 2.84. The summed E-state index contributed by atoms with van der Waals surface area (Å²) >= 11 is 7.31. The van der Waals surface area contributed by atoms with Crippen molar-refractivity contribution in [2.75, 3.05) is 20.3 Å². The standard InChI is InChI=1S/C15H18ClN3O2S/c1-11(14(20)17-8-10-21-2)22-15-18-7-9-19(15)13-5-3-12(16)4-6-13/h3-7,9,11H,8,10H2,1-2H3,(H,17,20)/t11-/m0/s1. The van der Waals surface area contributed by atoms with Crippen molar-refractivity contribution in [1.29, 1.82) is 0 Å². The maximum Gasteiger partial charge on any atom is 0.233 e. The maximum absolute atomic E-state index is 12.0. The van der Waals surface area contributed by atoms with Gasteiger partial charge >= 0.3 is 0 Å². The molecule has 0 saturated carbocycles. The number of rotatable bonds is 7. The summed E-state index contributed by atoms with van der Waals surface area (Å²) in [5.74, 6) is -0.0345. The number of nitrogens with one attached hydrogen (secondary N) is 1. The molecule has 22 heavy (non-hydrogen) atoms. The van der Waals surface area contributed by atoms with E-state index in [4.69, 9.17) is 16.3 Å². The fraction of sp³-hybridized carbons (Fsp3) is 0.333. The van der Waals surface area contributed by atoms with Crippen molar-refractivity contribution in [3.8, 4) is 5.69 Å². The van der Waals surface area contributed by atoms with Gasteiger partial charge in [0.15, 0.2) is 5.16 Å². The predicted octanol–water partition coefficient (Wildman–Crippen LogP) is 2.77. The Balaban J connectivity index is 2.03. The molecule has 0 unspecified atom stereocenters. The normalized spacial score (nSPS) is 12.1. The van der Waals surface area contributed by atoms with E-state index in [1.807, 2.05) is 42.0 Å². The van der Waals surface area contributed by atoms with Gasteiger partial charge < -0.3 is 10.1 Å². The average molecular weight is 340 g/mol. The summed E-state index contributed by atoms with van der Waals surface area (Å²) < 4.78 is 6.85. The molecular weight excluding hydrogens is 322 g/mol. The number of hydrogen-bond donors (Lipinski definition) is 1. The molecule has 0 bridgehead atoms. The van der Waals surface area contributed by atoms with Crippen LogP contribution < -0.4 is 5.32 Å². The highest BCUT2D eigenvalue weighted by Gasteiger charge is 2.17. The number of nitrogens with zero attached hydrogens (tertiary/aromatic N) is 2. The number of amides is 1. The Morgan fingerprint density at radius 2 is 2.18 bits per heavy atom. The van der Waals surface area contributed by atoms with E-state index in [0.29, 0.717) is 18.2 Å². The highest BCUT2D eigenvalue weighted by molar-refractivity contribution is 8.00. The van der Waals surface area contributed by atoms with Gasteiger partial charge in [0.1, 0.15) is 0 Å². The molecule has 0 aliphatic heterocycles. The lowest BCUT2D eigenvalue weighted by molar-refractivity contribution is -0.120. The van der Waals surface area contributed by atoms with Crippen LogP contribution in [0.2, 0.25) is 5.02 Å². The quantitative estimate of drug-likeness (QED) is 0.622. The molecule has 7 heteroatoms. The molecule has 1 aromatic carbocycles. The van der Waals surface area contributed by atoms with Crippen LogP contribution in [0.1, 0.15) is 6.92 Å². The lowest BCUT2D eigenvalue weighted by atomic mass is 10.3. The molecule has 2 aromatic rings. The van der Waals surface area contributed by atoms with E-state index in [2.05, 4.69) is 10.3 Å². The molecule has 5 nitrogen and oxygen atoms in total. The fourth-order valence-electron chi connectivity index (χ4n) is 1.81. The van der Waals surface area contributed by atoms with E-state index < -0.39 is 0 Å². The number of ether oxygens (including phenoxy) is 1. The zero-order chi connectivity index (χ0) is 15.9. The van der Waals surface area contributed by atoms with Crippen LogP contribution in [0.25, 0.3) is 5.69 Å². The third-order valence-corrected chi connectivity index (χ3v) is 4.30. The van der Waals surface area contributed by atoms with E-state index in [-0.39, 0.29) is 11.2 Å². The van der Waals surface area contributed by atoms with Crippen molar-refractivity contribution in [1.82, 2.24) is 14.9 Å². The molecule has 0 radical (unpaired) electrons. The van der Waals surface area contributed by atoms with Crippen LogP contribution in [0.3, 0.4) is 0 Å². The van der Waals surface area contributed by atoms with E-state index >= 15 is 0 Å². The van der Waals surface area contributed by atoms with E-state index in [1.54, 1.807) is 13.3 Å². The van der Waals surface area contributed by atoms with Crippen molar-refractivity contribution >= 4 is 29.3 Å². The Morgan fingerprint density at radius 1 is 1.45 bits per heavy atom. The van der Waals surface area contributed by atoms with Crippen molar-refractivity contribution < 1.29 is 9.53 Å². The van der Waals surface area contributed by atoms with Gasteiger partial charge in [-0.15, -0.1) is 0 Å². The lowest BCUT2D eigenvalue weighted by Gasteiger charge is -2.13. The molecule has 1 N–H and O–H groups in total. The van der Waals surface area contributed by atoms with Gasteiger partial charge in [-0.25, -0.2) is 4.98 Å².